The predicted octanol–water partition coefficient (Wildman–Crippen LogP) is 4.48. The molecule has 0 radical (unpaired) electrons. The van der Waals surface area contributed by atoms with Crippen LogP contribution in [-0.4, -0.2) is 25.5 Å². The smallest absolute Gasteiger partial charge is 0.00101 e. The number of benzene rings is 2. The minimum atomic E-state index is 1.09. The van der Waals surface area contributed by atoms with Crippen molar-refractivity contribution < 1.29 is 0 Å². The third-order valence-electron chi connectivity index (χ3n) is 4.45. The standard InChI is InChI=1S/C21H25N/c1-16-10-13-20-18(15-16)12-11-17-7-4-5-8-19(17)21(20)9-6-14-22(2)3/h4-5,7-10,13,15H,6,11-12,14H2,1-3H3/b21-9-. The molecule has 0 atom stereocenters. The fourth-order valence-corrected chi connectivity index (χ4v) is 3.29. The van der Waals surface area contributed by atoms with Gasteiger partial charge in [0.1, 0.15) is 0 Å². The SMILES string of the molecule is Cc1ccc2c(c1)CCc1ccccc1/C2=C/CCN(C)C. The highest BCUT2D eigenvalue weighted by atomic mass is 15.0. The van der Waals surface area contributed by atoms with Crippen LogP contribution in [0.1, 0.15) is 34.2 Å². The molecular formula is C21H25N. The van der Waals surface area contributed by atoms with Gasteiger partial charge in [-0.15, -0.1) is 0 Å². The van der Waals surface area contributed by atoms with E-state index in [1.807, 2.05) is 0 Å². The Morgan fingerprint density at radius 1 is 0.955 bits per heavy atom. The summed E-state index contributed by atoms with van der Waals surface area (Å²) in [5.41, 5.74) is 8.60. The fourth-order valence-electron chi connectivity index (χ4n) is 3.29. The summed E-state index contributed by atoms with van der Waals surface area (Å²) < 4.78 is 0. The number of nitrogens with zero attached hydrogens (tertiary/aromatic N) is 1. The first-order valence-corrected chi connectivity index (χ1v) is 8.18. The van der Waals surface area contributed by atoms with E-state index in [1.165, 1.54) is 33.4 Å². The van der Waals surface area contributed by atoms with Crippen molar-refractivity contribution in [3.8, 4) is 0 Å². The first-order valence-electron chi connectivity index (χ1n) is 8.18. The zero-order valence-corrected chi connectivity index (χ0v) is 13.9. The molecule has 1 nitrogen and oxygen atoms in total. The van der Waals surface area contributed by atoms with E-state index in [0.717, 1.165) is 25.8 Å². The van der Waals surface area contributed by atoms with Gasteiger partial charge in [0.25, 0.3) is 0 Å². The highest BCUT2D eigenvalue weighted by molar-refractivity contribution is 5.84. The highest BCUT2D eigenvalue weighted by Gasteiger charge is 2.17. The van der Waals surface area contributed by atoms with E-state index in [9.17, 15) is 0 Å². The van der Waals surface area contributed by atoms with Crippen LogP contribution in [0.4, 0.5) is 0 Å². The van der Waals surface area contributed by atoms with E-state index >= 15 is 0 Å². The fraction of sp³-hybridized carbons (Fsp3) is 0.333. The highest BCUT2D eigenvalue weighted by Crippen LogP contribution is 2.34. The lowest BCUT2D eigenvalue weighted by atomic mass is 9.92. The minimum Gasteiger partial charge on any atom is -0.309 e. The second kappa shape index (κ2) is 6.50. The van der Waals surface area contributed by atoms with E-state index in [4.69, 9.17) is 0 Å². The first-order chi connectivity index (χ1) is 10.6. The topological polar surface area (TPSA) is 3.24 Å². The Hall–Kier alpha value is -1.86. The van der Waals surface area contributed by atoms with Gasteiger partial charge in [-0.3, -0.25) is 0 Å². The zero-order chi connectivity index (χ0) is 15.5. The molecule has 1 aliphatic carbocycles. The summed E-state index contributed by atoms with van der Waals surface area (Å²) in [4.78, 5) is 2.25. The number of aryl methyl sites for hydroxylation is 3. The normalized spacial score (nSPS) is 15.5. The van der Waals surface area contributed by atoms with Gasteiger partial charge in [0, 0.05) is 6.54 Å². The lowest BCUT2D eigenvalue weighted by Crippen LogP contribution is -2.12. The van der Waals surface area contributed by atoms with Crippen LogP contribution in [0, 0.1) is 6.92 Å². The Labute approximate surface area is 134 Å². The molecule has 0 amide bonds. The molecular weight excluding hydrogens is 266 g/mol. The second-order valence-corrected chi connectivity index (χ2v) is 6.53. The predicted molar refractivity (Wildman–Crippen MR) is 95.3 cm³/mol. The van der Waals surface area contributed by atoms with Gasteiger partial charge in [-0.25, -0.2) is 0 Å². The van der Waals surface area contributed by atoms with Crippen molar-refractivity contribution in [2.24, 2.45) is 0 Å². The summed E-state index contributed by atoms with van der Waals surface area (Å²) in [6.07, 6.45) is 5.79. The quantitative estimate of drug-likeness (QED) is 0.806. The molecule has 114 valence electrons. The van der Waals surface area contributed by atoms with Crippen molar-refractivity contribution in [3.63, 3.8) is 0 Å². The molecule has 3 rings (SSSR count). The molecule has 1 aliphatic rings. The molecule has 0 saturated heterocycles. The molecule has 0 fully saturated rings. The Kier molecular flexibility index (Phi) is 4.44. The first kappa shape index (κ1) is 15.1. The Morgan fingerprint density at radius 3 is 2.50 bits per heavy atom. The summed E-state index contributed by atoms with van der Waals surface area (Å²) in [7, 11) is 4.27. The zero-order valence-electron chi connectivity index (χ0n) is 13.9. The van der Waals surface area contributed by atoms with E-state index < -0.39 is 0 Å². The van der Waals surface area contributed by atoms with Gasteiger partial charge in [0.05, 0.1) is 0 Å². The van der Waals surface area contributed by atoms with E-state index in [0.29, 0.717) is 0 Å². The van der Waals surface area contributed by atoms with Crippen LogP contribution >= 0.6 is 0 Å². The monoisotopic (exact) mass is 291 g/mol. The van der Waals surface area contributed by atoms with Crippen LogP contribution in [0.3, 0.4) is 0 Å². The average Bonchev–Trinajstić information content (AvgIpc) is 2.64. The van der Waals surface area contributed by atoms with Crippen LogP contribution < -0.4 is 0 Å². The Balaban J connectivity index is 2.08. The number of hydrogen-bond donors (Lipinski definition) is 0. The molecule has 0 aromatic heterocycles. The van der Waals surface area contributed by atoms with Crippen molar-refractivity contribution in [2.75, 3.05) is 20.6 Å². The largest absolute Gasteiger partial charge is 0.309 e. The maximum Gasteiger partial charge on any atom is 0.00101 e. The van der Waals surface area contributed by atoms with E-state index in [-0.39, 0.29) is 0 Å². The average molecular weight is 291 g/mol. The molecule has 2 aromatic carbocycles. The van der Waals surface area contributed by atoms with Crippen molar-refractivity contribution in [3.05, 3.63) is 76.4 Å². The summed E-state index contributed by atoms with van der Waals surface area (Å²) in [6.45, 7) is 3.28. The summed E-state index contributed by atoms with van der Waals surface area (Å²) in [5.74, 6) is 0. The Bertz CT molecular complexity index is 695. The molecule has 0 N–H and O–H groups in total. The van der Waals surface area contributed by atoms with Gasteiger partial charge in [0.2, 0.25) is 0 Å². The summed E-state index contributed by atoms with van der Waals surface area (Å²) in [5, 5.41) is 0. The Morgan fingerprint density at radius 2 is 1.68 bits per heavy atom. The molecule has 0 aliphatic heterocycles. The second-order valence-electron chi connectivity index (χ2n) is 6.53. The number of rotatable bonds is 3. The van der Waals surface area contributed by atoms with Crippen molar-refractivity contribution in [1.82, 2.24) is 4.90 Å². The molecule has 22 heavy (non-hydrogen) atoms. The van der Waals surface area contributed by atoms with Crippen LogP contribution in [0.5, 0.6) is 0 Å². The van der Waals surface area contributed by atoms with E-state index in [2.05, 4.69) is 74.5 Å². The molecule has 1 heteroatoms. The third kappa shape index (κ3) is 3.15. The van der Waals surface area contributed by atoms with Crippen molar-refractivity contribution in [1.29, 1.82) is 0 Å². The van der Waals surface area contributed by atoms with Gasteiger partial charge < -0.3 is 4.90 Å². The third-order valence-corrected chi connectivity index (χ3v) is 4.45. The molecule has 0 saturated carbocycles. The van der Waals surface area contributed by atoms with Gasteiger partial charge in [-0.05, 0) is 68.1 Å². The van der Waals surface area contributed by atoms with Crippen LogP contribution in [0.2, 0.25) is 0 Å². The van der Waals surface area contributed by atoms with Gasteiger partial charge in [0.15, 0.2) is 0 Å². The molecule has 0 unspecified atom stereocenters. The van der Waals surface area contributed by atoms with Gasteiger partial charge in [-0.1, -0.05) is 54.1 Å². The minimum absolute atomic E-state index is 1.09. The summed E-state index contributed by atoms with van der Waals surface area (Å²) >= 11 is 0. The molecule has 0 heterocycles. The van der Waals surface area contributed by atoms with E-state index in [1.54, 1.807) is 0 Å². The maximum absolute atomic E-state index is 2.43. The lowest BCUT2D eigenvalue weighted by Gasteiger charge is -2.14. The van der Waals surface area contributed by atoms with Crippen LogP contribution in [0.25, 0.3) is 5.57 Å². The van der Waals surface area contributed by atoms with Gasteiger partial charge >= 0.3 is 0 Å². The van der Waals surface area contributed by atoms with Crippen molar-refractivity contribution in [2.45, 2.75) is 26.2 Å². The van der Waals surface area contributed by atoms with Crippen LogP contribution in [0.15, 0.2) is 48.5 Å². The van der Waals surface area contributed by atoms with Gasteiger partial charge in [-0.2, -0.15) is 0 Å². The van der Waals surface area contributed by atoms with Crippen molar-refractivity contribution >= 4 is 5.57 Å². The lowest BCUT2D eigenvalue weighted by molar-refractivity contribution is 0.417. The molecule has 0 spiro atoms. The van der Waals surface area contributed by atoms with Crippen LogP contribution in [-0.2, 0) is 12.8 Å². The molecule has 2 aromatic rings. The number of fused-ring (bicyclic) bond motifs is 2. The summed E-state index contributed by atoms with van der Waals surface area (Å²) in [6, 6.07) is 15.8. The number of hydrogen-bond acceptors (Lipinski definition) is 1. The maximum atomic E-state index is 2.43. The molecule has 0 bridgehead atoms.